The van der Waals surface area contributed by atoms with E-state index in [0.717, 1.165) is 29.0 Å². The number of amides is 1. The number of benzene rings is 2. The molecular formula is C21H27BrN4O. The van der Waals surface area contributed by atoms with Crippen LogP contribution in [0.1, 0.15) is 34.5 Å². The van der Waals surface area contributed by atoms with Crippen LogP contribution in [0.3, 0.4) is 0 Å². The molecule has 144 valence electrons. The van der Waals surface area contributed by atoms with E-state index in [9.17, 15) is 4.79 Å². The monoisotopic (exact) mass is 430 g/mol. The van der Waals surface area contributed by atoms with Gasteiger partial charge in [-0.05, 0) is 42.7 Å². The maximum absolute atomic E-state index is 12.1. The first-order valence-corrected chi connectivity index (χ1v) is 9.74. The third-order valence-corrected chi connectivity index (χ3v) is 4.96. The summed E-state index contributed by atoms with van der Waals surface area (Å²) in [5.41, 5.74) is 3.00. The maximum Gasteiger partial charge on any atom is 0.253 e. The molecular weight excluding hydrogens is 404 g/mol. The van der Waals surface area contributed by atoms with Crippen LogP contribution in [-0.2, 0) is 6.42 Å². The van der Waals surface area contributed by atoms with Gasteiger partial charge < -0.3 is 15.5 Å². The standard InChI is InChI=1S/C21H27BrN4O/c1-15(18-10-5-6-11-19(18)22)25-21(23-2)24-13-12-16-8-7-9-17(14-16)20(27)26(3)4/h5-11,14-15H,12-13H2,1-4H3,(H2,23,24,25). The molecule has 0 saturated carbocycles. The summed E-state index contributed by atoms with van der Waals surface area (Å²) < 4.78 is 1.07. The van der Waals surface area contributed by atoms with Crippen LogP contribution in [0.2, 0.25) is 0 Å². The molecule has 1 unspecified atom stereocenters. The molecule has 0 spiro atoms. The Labute approximate surface area is 170 Å². The normalized spacial score (nSPS) is 12.4. The van der Waals surface area contributed by atoms with Gasteiger partial charge in [0.15, 0.2) is 5.96 Å². The molecule has 27 heavy (non-hydrogen) atoms. The quantitative estimate of drug-likeness (QED) is 0.543. The minimum atomic E-state index is 0.0181. The van der Waals surface area contributed by atoms with Gasteiger partial charge in [-0.3, -0.25) is 9.79 Å². The zero-order chi connectivity index (χ0) is 19.8. The first-order valence-electron chi connectivity index (χ1n) is 8.94. The highest BCUT2D eigenvalue weighted by Crippen LogP contribution is 2.22. The number of hydrogen-bond donors (Lipinski definition) is 2. The third-order valence-electron chi connectivity index (χ3n) is 4.23. The molecule has 0 saturated heterocycles. The lowest BCUT2D eigenvalue weighted by atomic mass is 10.1. The first-order chi connectivity index (χ1) is 12.9. The molecule has 1 amide bonds. The van der Waals surface area contributed by atoms with Gasteiger partial charge in [0.25, 0.3) is 5.91 Å². The van der Waals surface area contributed by atoms with Gasteiger partial charge in [-0.25, -0.2) is 0 Å². The number of rotatable bonds is 6. The van der Waals surface area contributed by atoms with Crippen molar-refractivity contribution in [3.8, 4) is 0 Å². The van der Waals surface area contributed by atoms with Gasteiger partial charge in [-0.1, -0.05) is 46.3 Å². The minimum Gasteiger partial charge on any atom is -0.356 e. The summed E-state index contributed by atoms with van der Waals surface area (Å²) >= 11 is 3.59. The smallest absolute Gasteiger partial charge is 0.253 e. The largest absolute Gasteiger partial charge is 0.356 e. The average Bonchev–Trinajstić information content (AvgIpc) is 2.67. The maximum atomic E-state index is 12.1. The number of guanidine groups is 1. The summed E-state index contributed by atoms with van der Waals surface area (Å²) in [7, 11) is 5.29. The van der Waals surface area contributed by atoms with E-state index < -0.39 is 0 Å². The van der Waals surface area contributed by atoms with Crippen molar-refractivity contribution in [1.82, 2.24) is 15.5 Å². The van der Waals surface area contributed by atoms with E-state index >= 15 is 0 Å². The molecule has 0 heterocycles. The second-order valence-corrected chi connectivity index (χ2v) is 7.39. The van der Waals surface area contributed by atoms with Crippen LogP contribution in [-0.4, -0.2) is 44.5 Å². The molecule has 0 aromatic heterocycles. The van der Waals surface area contributed by atoms with E-state index in [1.807, 2.05) is 42.5 Å². The summed E-state index contributed by atoms with van der Waals surface area (Å²) in [6.07, 6.45) is 0.804. The van der Waals surface area contributed by atoms with Crippen molar-refractivity contribution >= 4 is 27.8 Å². The summed E-state index contributed by atoms with van der Waals surface area (Å²) in [5.74, 6) is 0.767. The van der Waals surface area contributed by atoms with E-state index in [1.165, 1.54) is 5.56 Å². The Morgan fingerprint density at radius 3 is 2.59 bits per heavy atom. The average molecular weight is 431 g/mol. The van der Waals surface area contributed by atoms with E-state index in [-0.39, 0.29) is 11.9 Å². The third kappa shape index (κ3) is 6.10. The molecule has 0 fully saturated rings. The van der Waals surface area contributed by atoms with Gasteiger partial charge in [0.05, 0.1) is 6.04 Å². The summed E-state index contributed by atoms with van der Waals surface area (Å²) in [6.45, 7) is 2.82. The van der Waals surface area contributed by atoms with Crippen LogP contribution in [0, 0.1) is 0 Å². The Morgan fingerprint density at radius 2 is 1.93 bits per heavy atom. The van der Waals surface area contributed by atoms with Crippen molar-refractivity contribution in [1.29, 1.82) is 0 Å². The molecule has 0 aliphatic carbocycles. The van der Waals surface area contributed by atoms with E-state index in [2.05, 4.69) is 44.5 Å². The summed E-state index contributed by atoms with van der Waals surface area (Å²) in [5, 5.41) is 6.74. The second-order valence-electron chi connectivity index (χ2n) is 6.54. The van der Waals surface area contributed by atoms with Crippen LogP contribution in [0.5, 0.6) is 0 Å². The highest BCUT2D eigenvalue weighted by atomic mass is 79.9. The Bertz CT molecular complexity index is 804. The fourth-order valence-electron chi connectivity index (χ4n) is 2.75. The highest BCUT2D eigenvalue weighted by Gasteiger charge is 2.11. The van der Waals surface area contributed by atoms with Crippen LogP contribution in [0.25, 0.3) is 0 Å². The Balaban J connectivity index is 1.91. The van der Waals surface area contributed by atoms with Crippen molar-refractivity contribution in [2.24, 2.45) is 4.99 Å². The van der Waals surface area contributed by atoms with E-state index in [1.54, 1.807) is 26.0 Å². The van der Waals surface area contributed by atoms with Crippen LogP contribution in [0.4, 0.5) is 0 Å². The van der Waals surface area contributed by atoms with Gasteiger partial charge in [-0.2, -0.15) is 0 Å². The lowest BCUT2D eigenvalue weighted by Crippen LogP contribution is -2.39. The summed E-state index contributed by atoms with van der Waals surface area (Å²) in [4.78, 5) is 18.0. The number of aliphatic imine (C=N–C) groups is 1. The molecule has 2 aromatic carbocycles. The predicted octanol–water partition coefficient (Wildman–Crippen LogP) is 3.62. The SMILES string of the molecule is CN=C(NCCc1cccc(C(=O)N(C)C)c1)NC(C)c1ccccc1Br. The number of carbonyl (C=O) groups is 1. The molecule has 0 radical (unpaired) electrons. The fourth-order valence-corrected chi connectivity index (χ4v) is 3.38. The molecule has 2 N–H and O–H groups in total. The molecule has 5 nitrogen and oxygen atoms in total. The van der Waals surface area contributed by atoms with Gasteiger partial charge >= 0.3 is 0 Å². The van der Waals surface area contributed by atoms with Crippen molar-refractivity contribution in [2.45, 2.75) is 19.4 Å². The Morgan fingerprint density at radius 1 is 1.19 bits per heavy atom. The van der Waals surface area contributed by atoms with E-state index in [0.29, 0.717) is 5.56 Å². The number of halogens is 1. The predicted molar refractivity (Wildman–Crippen MR) is 115 cm³/mol. The van der Waals surface area contributed by atoms with Crippen molar-refractivity contribution in [3.05, 3.63) is 69.7 Å². The zero-order valence-corrected chi connectivity index (χ0v) is 17.9. The van der Waals surface area contributed by atoms with E-state index in [4.69, 9.17) is 0 Å². The molecule has 2 rings (SSSR count). The van der Waals surface area contributed by atoms with Gasteiger partial charge in [0.2, 0.25) is 0 Å². The second kappa shape index (κ2) is 10.1. The molecule has 0 aliphatic rings. The van der Waals surface area contributed by atoms with Gasteiger partial charge in [0.1, 0.15) is 0 Å². The number of nitrogens with zero attached hydrogens (tertiary/aromatic N) is 2. The number of nitrogens with one attached hydrogen (secondary N) is 2. The van der Waals surface area contributed by atoms with Gasteiger partial charge in [0, 0.05) is 37.7 Å². The van der Waals surface area contributed by atoms with Crippen molar-refractivity contribution in [3.63, 3.8) is 0 Å². The van der Waals surface area contributed by atoms with Crippen molar-refractivity contribution < 1.29 is 4.79 Å². The summed E-state index contributed by atoms with van der Waals surface area (Å²) in [6, 6.07) is 16.0. The van der Waals surface area contributed by atoms with Crippen LogP contribution in [0.15, 0.2) is 58.0 Å². The number of hydrogen-bond acceptors (Lipinski definition) is 2. The first kappa shape index (κ1) is 21.0. The van der Waals surface area contributed by atoms with Gasteiger partial charge in [-0.15, -0.1) is 0 Å². The fraction of sp³-hybridized carbons (Fsp3) is 0.333. The van der Waals surface area contributed by atoms with Crippen LogP contribution >= 0.6 is 15.9 Å². The Hall–Kier alpha value is -2.34. The van der Waals surface area contributed by atoms with Crippen LogP contribution < -0.4 is 10.6 Å². The molecule has 1 atom stereocenters. The topological polar surface area (TPSA) is 56.7 Å². The minimum absolute atomic E-state index is 0.0181. The molecule has 2 aromatic rings. The lowest BCUT2D eigenvalue weighted by Gasteiger charge is -2.19. The zero-order valence-electron chi connectivity index (χ0n) is 16.3. The number of carbonyl (C=O) groups excluding carboxylic acids is 1. The lowest BCUT2D eigenvalue weighted by molar-refractivity contribution is 0.0827. The van der Waals surface area contributed by atoms with Crippen molar-refractivity contribution in [2.75, 3.05) is 27.7 Å². The Kier molecular flexibility index (Phi) is 7.85. The molecule has 6 heteroatoms. The molecule has 0 bridgehead atoms. The molecule has 0 aliphatic heterocycles. The highest BCUT2D eigenvalue weighted by molar-refractivity contribution is 9.10.